The van der Waals surface area contributed by atoms with Gasteiger partial charge in [-0.3, -0.25) is 4.79 Å². The summed E-state index contributed by atoms with van der Waals surface area (Å²) in [5.74, 6) is 1.06. The first-order valence-electron chi connectivity index (χ1n) is 10.8. The van der Waals surface area contributed by atoms with Crippen LogP contribution in [0, 0.1) is 0 Å². The summed E-state index contributed by atoms with van der Waals surface area (Å²) in [7, 11) is 0. The zero-order valence-electron chi connectivity index (χ0n) is 17.5. The first-order chi connectivity index (χ1) is 14.1. The molecule has 0 saturated carbocycles. The number of fused-ring (bicyclic) bond motifs is 1. The van der Waals surface area contributed by atoms with Gasteiger partial charge in [0.25, 0.3) is 0 Å². The Morgan fingerprint density at radius 1 is 1.24 bits per heavy atom. The minimum atomic E-state index is 0.141. The van der Waals surface area contributed by atoms with Crippen molar-refractivity contribution in [3.63, 3.8) is 0 Å². The number of aromatic nitrogens is 1. The molecule has 1 unspecified atom stereocenters. The normalized spacial score (nSPS) is 19.8. The Balaban J connectivity index is 1.29. The highest BCUT2D eigenvalue weighted by atomic mass is 32.1. The second-order valence-corrected chi connectivity index (χ2v) is 9.27. The summed E-state index contributed by atoms with van der Waals surface area (Å²) >= 11 is 1.70. The van der Waals surface area contributed by atoms with E-state index in [9.17, 15) is 4.79 Å². The Kier molecular flexibility index (Phi) is 6.50. The van der Waals surface area contributed by atoms with E-state index in [4.69, 9.17) is 9.72 Å². The molecule has 0 aliphatic carbocycles. The number of amides is 1. The summed E-state index contributed by atoms with van der Waals surface area (Å²) in [6.45, 7) is 8.56. The van der Waals surface area contributed by atoms with E-state index in [-0.39, 0.29) is 5.91 Å². The predicted octanol–water partition coefficient (Wildman–Crippen LogP) is 4.36. The molecule has 156 valence electrons. The average Bonchev–Trinajstić information content (AvgIpc) is 3.16. The zero-order valence-corrected chi connectivity index (χ0v) is 18.3. The summed E-state index contributed by atoms with van der Waals surface area (Å²) in [6, 6.07) is 8.99. The maximum Gasteiger partial charge on any atom is 0.219 e. The highest BCUT2D eigenvalue weighted by Gasteiger charge is 2.22. The Morgan fingerprint density at radius 3 is 2.83 bits per heavy atom. The van der Waals surface area contributed by atoms with Crippen LogP contribution in [0.15, 0.2) is 24.3 Å². The molecule has 2 aromatic rings. The fourth-order valence-corrected chi connectivity index (χ4v) is 5.36. The maximum absolute atomic E-state index is 11.6. The van der Waals surface area contributed by atoms with Crippen LogP contribution in [0.5, 0.6) is 5.75 Å². The minimum Gasteiger partial charge on any atom is -0.494 e. The van der Waals surface area contributed by atoms with Crippen LogP contribution in [-0.4, -0.2) is 53.0 Å². The third-order valence-electron chi connectivity index (χ3n) is 6.08. The van der Waals surface area contributed by atoms with Crippen molar-refractivity contribution in [3.8, 4) is 16.3 Å². The van der Waals surface area contributed by atoms with Gasteiger partial charge in [-0.25, -0.2) is 4.98 Å². The van der Waals surface area contributed by atoms with E-state index in [0.717, 1.165) is 60.6 Å². The molecule has 1 amide bonds. The molecule has 29 heavy (non-hydrogen) atoms. The fourth-order valence-electron chi connectivity index (χ4n) is 4.23. The lowest BCUT2D eigenvalue weighted by Gasteiger charge is -2.33. The number of hydrogen-bond acceptors (Lipinski definition) is 5. The number of benzene rings is 1. The van der Waals surface area contributed by atoms with Crippen molar-refractivity contribution in [3.05, 3.63) is 34.8 Å². The molecule has 1 aromatic heterocycles. The summed E-state index contributed by atoms with van der Waals surface area (Å²) in [6.07, 6.45) is 5.95. The van der Waals surface area contributed by atoms with E-state index in [1.807, 2.05) is 17.0 Å². The van der Waals surface area contributed by atoms with Gasteiger partial charge in [-0.05, 0) is 57.0 Å². The molecule has 0 radical (unpaired) electrons. The van der Waals surface area contributed by atoms with Crippen LogP contribution in [0.1, 0.15) is 50.1 Å². The standard InChI is InChI=1S/C23H31N3O2S/c1-17-6-3-4-12-25(17)13-5-15-28-20-9-7-19(8-10-20)23-24-21-11-14-26(18(2)27)16-22(21)29-23/h7-10,17H,3-6,11-16H2,1-2H3. The topological polar surface area (TPSA) is 45.7 Å². The van der Waals surface area contributed by atoms with Crippen LogP contribution in [0.25, 0.3) is 10.6 Å². The molecule has 6 heteroatoms. The summed E-state index contributed by atoms with van der Waals surface area (Å²) in [4.78, 5) is 22.1. The molecular weight excluding hydrogens is 382 g/mol. The lowest BCUT2D eigenvalue weighted by molar-refractivity contribution is -0.129. The van der Waals surface area contributed by atoms with Gasteiger partial charge in [0.2, 0.25) is 5.91 Å². The Bertz CT molecular complexity index is 833. The van der Waals surface area contributed by atoms with Crippen molar-refractivity contribution in [2.45, 2.75) is 58.5 Å². The van der Waals surface area contributed by atoms with Crippen LogP contribution >= 0.6 is 11.3 Å². The van der Waals surface area contributed by atoms with Crippen LogP contribution in [0.2, 0.25) is 0 Å². The molecule has 1 saturated heterocycles. The molecule has 1 fully saturated rings. The average molecular weight is 414 g/mol. The monoisotopic (exact) mass is 413 g/mol. The van der Waals surface area contributed by atoms with Crippen LogP contribution in [0.3, 0.4) is 0 Å². The van der Waals surface area contributed by atoms with Crippen LogP contribution in [-0.2, 0) is 17.8 Å². The van der Waals surface area contributed by atoms with Gasteiger partial charge in [-0.15, -0.1) is 11.3 Å². The number of hydrogen-bond donors (Lipinski definition) is 0. The molecule has 0 N–H and O–H groups in total. The first-order valence-corrected chi connectivity index (χ1v) is 11.6. The molecule has 1 atom stereocenters. The molecule has 0 bridgehead atoms. The van der Waals surface area contributed by atoms with Crippen molar-refractivity contribution >= 4 is 17.2 Å². The van der Waals surface area contributed by atoms with Gasteiger partial charge < -0.3 is 14.5 Å². The Morgan fingerprint density at radius 2 is 2.07 bits per heavy atom. The molecule has 2 aliphatic heterocycles. The third-order valence-corrected chi connectivity index (χ3v) is 7.21. The van der Waals surface area contributed by atoms with Gasteiger partial charge in [0.15, 0.2) is 0 Å². The smallest absolute Gasteiger partial charge is 0.219 e. The lowest BCUT2D eigenvalue weighted by atomic mass is 10.0. The number of carbonyl (C=O) groups excluding carboxylic acids is 1. The van der Waals surface area contributed by atoms with Crippen LogP contribution < -0.4 is 4.74 Å². The van der Waals surface area contributed by atoms with Gasteiger partial charge in [-0.1, -0.05) is 6.42 Å². The predicted molar refractivity (Wildman–Crippen MR) is 117 cm³/mol. The van der Waals surface area contributed by atoms with Crippen molar-refractivity contribution in [1.29, 1.82) is 0 Å². The second-order valence-electron chi connectivity index (χ2n) is 8.19. The quantitative estimate of drug-likeness (QED) is 0.660. The molecular formula is C23H31N3O2S. The molecule has 2 aliphatic rings. The highest BCUT2D eigenvalue weighted by molar-refractivity contribution is 7.15. The van der Waals surface area contributed by atoms with Gasteiger partial charge in [-0.2, -0.15) is 0 Å². The van der Waals surface area contributed by atoms with E-state index in [0.29, 0.717) is 6.54 Å². The first kappa shape index (κ1) is 20.4. The van der Waals surface area contributed by atoms with E-state index >= 15 is 0 Å². The number of ether oxygens (including phenoxy) is 1. The summed E-state index contributed by atoms with van der Waals surface area (Å²) < 4.78 is 5.96. The zero-order chi connectivity index (χ0) is 20.2. The number of carbonyl (C=O) groups is 1. The number of nitrogens with zero attached hydrogens (tertiary/aromatic N) is 3. The van der Waals surface area contributed by atoms with Gasteiger partial charge in [0, 0.05) is 42.9 Å². The van der Waals surface area contributed by atoms with Gasteiger partial charge in [0.1, 0.15) is 10.8 Å². The minimum absolute atomic E-state index is 0.141. The highest BCUT2D eigenvalue weighted by Crippen LogP contribution is 2.32. The van der Waals surface area contributed by atoms with Gasteiger partial charge >= 0.3 is 0 Å². The van der Waals surface area contributed by atoms with Crippen molar-refractivity contribution < 1.29 is 9.53 Å². The van der Waals surface area contributed by atoms with Crippen molar-refractivity contribution in [2.75, 3.05) is 26.2 Å². The number of likely N-dealkylation sites (tertiary alicyclic amines) is 1. The van der Waals surface area contributed by atoms with Crippen molar-refractivity contribution in [2.24, 2.45) is 0 Å². The molecule has 5 nitrogen and oxygen atoms in total. The SMILES string of the molecule is CC(=O)N1CCc2nc(-c3ccc(OCCCN4CCCCC4C)cc3)sc2C1. The molecule has 4 rings (SSSR count). The second kappa shape index (κ2) is 9.26. The van der Waals surface area contributed by atoms with Gasteiger partial charge in [0.05, 0.1) is 18.8 Å². The van der Waals surface area contributed by atoms with E-state index in [2.05, 4.69) is 24.0 Å². The lowest BCUT2D eigenvalue weighted by Crippen LogP contribution is -2.38. The summed E-state index contributed by atoms with van der Waals surface area (Å²) in [5.41, 5.74) is 2.27. The largest absolute Gasteiger partial charge is 0.494 e. The maximum atomic E-state index is 11.6. The Hall–Kier alpha value is -1.92. The third kappa shape index (κ3) is 4.98. The molecule has 0 spiro atoms. The molecule has 3 heterocycles. The van der Waals surface area contributed by atoms with Crippen molar-refractivity contribution in [1.82, 2.24) is 14.8 Å². The van der Waals surface area contributed by atoms with E-state index in [1.54, 1.807) is 18.3 Å². The fraction of sp³-hybridized carbons (Fsp3) is 0.565. The van der Waals surface area contributed by atoms with Crippen LogP contribution in [0.4, 0.5) is 0 Å². The molecule has 1 aromatic carbocycles. The Labute approximate surface area is 177 Å². The number of piperidine rings is 1. The number of rotatable bonds is 6. The van der Waals surface area contributed by atoms with E-state index < -0.39 is 0 Å². The van der Waals surface area contributed by atoms with E-state index in [1.165, 1.54) is 30.7 Å². The number of thiazole rings is 1. The summed E-state index contributed by atoms with van der Waals surface area (Å²) in [5, 5.41) is 1.03.